The summed E-state index contributed by atoms with van der Waals surface area (Å²) in [5, 5.41) is 18.1. The van der Waals surface area contributed by atoms with Crippen molar-refractivity contribution in [3.63, 3.8) is 0 Å². The van der Waals surface area contributed by atoms with E-state index in [1.807, 2.05) is 13.8 Å². The Morgan fingerprint density at radius 3 is 2.62 bits per heavy atom. The lowest BCUT2D eigenvalue weighted by molar-refractivity contribution is -0.509. The summed E-state index contributed by atoms with van der Waals surface area (Å²) in [6, 6.07) is 1.28. The maximum absolute atomic E-state index is 13.6. The molecule has 0 unspecified atom stereocenters. The van der Waals surface area contributed by atoms with Gasteiger partial charge in [0.1, 0.15) is 5.82 Å². The maximum atomic E-state index is 13.6. The van der Waals surface area contributed by atoms with Gasteiger partial charge in [0.25, 0.3) is 0 Å². The van der Waals surface area contributed by atoms with Gasteiger partial charge < -0.3 is 5.32 Å². The zero-order valence-corrected chi connectivity index (χ0v) is 12.9. The molecule has 1 N–H and O–H groups in total. The molecule has 2 heterocycles. The number of aromatic nitrogens is 2. The Labute approximate surface area is 135 Å². The number of benzene rings is 1. The Hall–Kier alpha value is -2.84. The zero-order chi connectivity index (χ0) is 17.6. The molecular formula is C15H14F2N4O3. The van der Waals surface area contributed by atoms with Gasteiger partial charge in [0.15, 0.2) is 11.6 Å². The minimum absolute atomic E-state index is 0.0909. The largest absolute Gasteiger partial charge is 0.305 e. The lowest BCUT2D eigenvalue weighted by atomic mass is 9.83. The van der Waals surface area contributed by atoms with Crippen molar-refractivity contribution in [2.24, 2.45) is 0 Å². The van der Waals surface area contributed by atoms with Crippen LogP contribution in [-0.4, -0.2) is 26.7 Å². The van der Waals surface area contributed by atoms with Crippen LogP contribution in [0.3, 0.4) is 0 Å². The third-order valence-corrected chi connectivity index (χ3v) is 4.00. The zero-order valence-electron chi connectivity index (χ0n) is 12.9. The third-order valence-electron chi connectivity index (χ3n) is 4.00. The van der Waals surface area contributed by atoms with E-state index in [0.29, 0.717) is 11.4 Å². The molecule has 0 radical (unpaired) electrons. The summed E-state index contributed by atoms with van der Waals surface area (Å²) >= 11 is 0. The molecule has 0 saturated carbocycles. The predicted octanol–water partition coefficient (Wildman–Crippen LogP) is 2.47. The molecule has 0 fully saturated rings. The number of hydrogen-bond acceptors (Lipinski definition) is 4. The Bertz CT molecular complexity index is 834. The number of nitrogens with one attached hydrogen (secondary N) is 1. The van der Waals surface area contributed by atoms with Crippen molar-refractivity contribution in [2.75, 3.05) is 5.32 Å². The summed E-state index contributed by atoms with van der Waals surface area (Å²) in [6.07, 6.45) is 1.41. The average molecular weight is 336 g/mol. The third kappa shape index (κ3) is 2.41. The number of carbonyl (C=O) groups excluding carboxylic acids is 1. The van der Waals surface area contributed by atoms with E-state index in [-0.39, 0.29) is 11.6 Å². The van der Waals surface area contributed by atoms with Crippen LogP contribution < -0.4 is 5.32 Å². The van der Waals surface area contributed by atoms with E-state index in [2.05, 4.69) is 10.4 Å². The molecule has 2 atom stereocenters. The van der Waals surface area contributed by atoms with Gasteiger partial charge in [0.05, 0.1) is 12.1 Å². The molecule has 0 saturated heterocycles. The fourth-order valence-corrected chi connectivity index (χ4v) is 2.92. The van der Waals surface area contributed by atoms with E-state index in [0.717, 1.165) is 12.1 Å². The summed E-state index contributed by atoms with van der Waals surface area (Å²) in [4.78, 5) is 22.9. The van der Waals surface area contributed by atoms with Gasteiger partial charge in [-0.05, 0) is 31.5 Å². The molecule has 9 heteroatoms. The number of fused-ring (bicyclic) bond motifs is 1. The molecule has 24 heavy (non-hydrogen) atoms. The molecule has 1 aliphatic rings. The van der Waals surface area contributed by atoms with Crippen molar-refractivity contribution >= 4 is 11.7 Å². The molecule has 1 aromatic carbocycles. The van der Waals surface area contributed by atoms with E-state index >= 15 is 0 Å². The predicted molar refractivity (Wildman–Crippen MR) is 80.2 cm³/mol. The second-order valence-electron chi connectivity index (χ2n) is 5.86. The number of nitrogens with zero attached hydrogens (tertiary/aromatic N) is 3. The van der Waals surface area contributed by atoms with Crippen molar-refractivity contribution in [1.29, 1.82) is 0 Å². The minimum atomic E-state index is -1.65. The maximum Gasteiger partial charge on any atom is 0.301 e. The first kappa shape index (κ1) is 16.0. The van der Waals surface area contributed by atoms with Crippen LogP contribution in [0.1, 0.15) is 36.9 Å². The van der Waals surface area contributed by atoms with Gasteiger partial charge in [0.2, 0.25) is 0 Å². The van der Waals surface area contributed by atoms with Crippen molar-refractivity contribution in [3.05, 3.63) is 57.3 Å². The van der Waals surface area contributed by atoms with Gasteiger partial charge in [-0.1, -0.05) is 6.07 Å². The molecule has 3 rings (SSSR count). The number of halogens is 2. The molecule has 0 bridgehead atoms. The van der Waals surface area contributed by atoms with Crippen LogP contribution in [0.25, 0.3) is 0 Å². The first-order chi connectivity index (χ1) is 11.3. The fourth-order valence-electron chi connectivity index (χ4n) is 2.92. The Morgan fingerprint density at radius 1 is 1.33 bits per heavy atom. The second-order valence-corrected chi connectivity index (χ2v) is 5.86. The van der Waals surface area contributed by atoms with Crippen LogP contribution in [0.4, 0.5) is 14.6 Å². The highest BCUT2D eigenvalue weighted by Crippen LogP contribution is 2.39. The van der Waals surface area contributed by atoms with Crippen molar-refractivity contribution in [3.8, 4) is 0 Å². The SMILES string of the molecule is CC(C)n1ncc2c1NC(=O)[C@H]([N+](=O)[O-])[C@@H]2c1ccc(F)c(F)c1. The van der Waals surface area contributed by atoms with Gasteiger partial charge in [-0.2, -0.15) is 5.10 Å². The van der Waals surface area contributed by atoms with Crippen LogP contribution in [0.5, 0.6) is 0 Å². The standard InChI is InChI=1S/C15H14F2N4O3/c1-7(2)20-14-9(6-18-20)12(13(21(23)24)15(22)19-14)8-3-4-10(16)11(17)5-8/h3-7,12-13H,1-2H3,(H,19,22)/t12-,13-/m1/s1. The van der Waals surface area contributed by atoms with Gasteiger partial charge in [-0.3, -0.25) is 14.9 Å². The first-order valence-corrected chi connectivity index (χ1v) is 7.28. The Balaban J connectivity index is 2.21. The van der Waals surface area contributed by atoms with E-state index in [9.17, 15) is 23.7 Å². The van der Waals surface area contributed by atoms with Crippen LogP contribution in [-0.2, 0) is 4.79 Å². The summed E-state index contributed by atoms with van der Waals surface area (Å²) in [5.74, 6) is -3.72. The van der Waals surface area contributed by atoms with Crippen molar-refractivity contribution in [1.82, 2.24) is 9.78 Å². The van der Waals surface area contributed by atoms with Crippen molar-refractivity contribution < 1.29 is 18.5 Å². The van der Waals surface area contributed by atoms with E-state index in [4.69, 9.17) is 0 Å². The first-order valence-electron chi connectivity index (χ1n) is 7.28. The van der Waals surface area contributed by atoms with Crippen LogP contribution >= 0.6 is 0 Å². The molecule has 1 aliphatic heterocycles. The smallest absolute Gasteiger partial charge is 0.301 e. The highest BCUT2D eigenvalue weighted by Gasteiger charge is 2.47. The quantitative estimate of drug-likeness (QED) is 0.689. The van der Waals surface area contributed by atoms with Gasteiger partial charge in [-0.25, -0.2) is 13.5 Å². The van der Waals surface area contributed by atoms with Gasteiger partial charge >= 0.3 is 11.9 Å². The van der Waals surface area contributed by atoms with Crippen molar-refractivity contribution in [2.45, 2.75) is 31.8 Å². The number of amides is 1. The second kappa shape index (κ2) is 5.66. The molecule has 7 nitrogen and oxygen atoms in total. The highest BCUT2D eigenvalue weighted by atomic mass is 19.2. The van der Waals surface area contributed by atoms with Crippen LogP contribution in [0.15, 0.2) is 24.4 Å². The van der Waals surface area contributed by atoms with Gasteiger partial charge in [0, 0.05) is 16.5 Å². The lowest BCUT2D eigenvalue weighted by Crippen LogP contribution is -2.44. The average Bonchev–Trinajstić information content (AvgIpc) is 2.91. The summed E-state index contributed by atoms with van der Waals surface area (Å²) in [6.45, 7) is 3.68. The molecule has 1 aromatic heterocycles. The molecule has 2 aromatic rings. The Kier molecular flexibility index (Phi) is 3.78. The number of nitro groups is 1. The molecular weight excluding hydrogens is 322 g/mol. The summed E-state index contributed by atoms with van der Waals surface area (Å²) in [7, 11) is 0. The molecule has 1 amide bonds. The van der Waals surface area contributed by atoms with Crippen LogP contribution in [0.2, 0.25) is 0 Å². The fraction of sp³-hybridized carbons (Fsp3) is 0.333. The van der Waals surface area contributed by atoms with Crippen LogP contribution in [0, 0.1) is 21.7 Å². The van der Waals surface area contributed by atoms with Gasteiger partial charge in [-0.15, -0.1) is 0 Å². The summed E-state index contributed by atoms with van der Waals surface area (Å²) < 4.78 is 28.3. The molecule has 126 valence electrons. The topological polar surface area (TPSA) is 90.1 Å². The lowest BCUT2D eigenvalue weighted by Gasteiger charge is -2.27. The number of rotatable bonds is 3. The van der Waals surface area contributed by atoms with E-state index in [1.54, 1.807) is 0 Å². The van der Waals surface area contributed by atoms with E-state index in [1.165, 1.54) is 16.9 Å². The number of hydrogen-bond donors (Lipinski definition) is 1. The monoisotopic (exact) mass is 336 g/mol. The molecule has 0 aliphatic carbocycles. The highest BCUT2D eigenvalue weighted by molar-refractivity contribution is 5.97. The minimum Gasteiger partial charge on any atom is -0.305 e. The summed E-state index contributed by atoms with van der Waals surface area (Å²) in [5.41, 5.74) is 0.547. The van der Waals surface area contributed by atoms with E-state index < -0.39 is 34.4 Å². The normalized spacial score (nSPS) is 20.0. The Morgan fingerprint density at radius 2 is 2.04 bits per heavy atom. The number of anilines is 1. The molecule has 0 spiro atoms. The number of carbonyl (C=O) groups is 1.